The fraction of sp³-hybridized carbons (Fsp3) is 0.692. The van der Waals surface area contributed by atoms with E-state index in [1.807, 2.05) is 40.0 Å². The molecule has 0 saturated heterocycles. The first-order valence-electron chi connectivity index (χ1n) is 6.32. The Morgan fingerprint density at radius 2 is 2.21 bits per heavy atom. The van der Waals surface area contributed by atoms with E-state index in [2.05, 4.69) is 10.5 Å². The molecule has 1 unspecified atom stereocenters. The molecule has 1 atom stereocenters. The first-order chi connectivity index (χ1) is 8.84. The number of carbonyl (C=O) groups is 1. The number of nitrogens with zero attached hydrogens (tertiary/aromatic N) is 1. The molecule has 1 aromatic rings. The number of thiazole rings is 1. The highest BCUT2D eigenvalue weighted by Crippen LogP contribution is 2.21. The molecule has 0 spiro atoms. The van der Waals surface area contributed by atoms with Gasteiger partial charge in [0.25, 0.3) is 0 Å². The first-order valence-corrected chi connectivity index (χ1v) is 7.20. The largest absolute Gasteiger partial charge is 0.372 e. The van der Waals surface area contributed by atoms with E-state index in [0.717, 1.165) is 10.7 Å². The van der Waals surface area contributed by atoms with Crippen molar-refractivity contribution in [3.05, 3.63) is 16.1 Å². The van der Waals surface area contributed by atoms with Crippen molar-refractivity contribution in [3.8, 4) is 0 Å². The van der Waals surface area contributed by atoms with Gasteiger partial charge >= 0.3 is 0 Å². The molecule has 0 saturated carbocycles. The minimum Gasteiger partial charge on any atom is -0.372 e. The van der Waals surface area contributed by atoms with E-state index >= 15 is 0 Å². The molecule has 0 aromatic carbocycles. The average Bonchev–Trinajstić information content (AvgIpc) is 2.76. The van der Waals surface area contributed by atoms with Crippen LogP contribution in [0.15, 0.2) is 5.38 Å². The van der Waals surface area contributed by atoms with Crippen LogP contribution < -0.4 is 5.48 Å². The second kappa shape index (κ2) is 6.98. The van der Waals surface area contributed by atoms with Crippen LogP contribution in [0.5, 0.6) is 0 Å². The van der Waals surface area contributed by atoms with Crippen molar-refractivity contribution in [1.29, 1.82) is 0 Å². The number of aromatic nitrogens is 1. The van der Waals surface area contributed by atoms with E-state index in [-0.39, 0.29) is 18.6 Å². The number of nitrogens with one attached hydrogen (secondary N) is 1. The van der Waals surface area contributed by atoms with Gasteiger partial charge in [-0.15, -0.1) is 11.3 Å². The number of hydrogen-bond donors (Lipinski definition) is 1. The van der Waals surface area contributed by atoms with Crippen LogP contribution >= 0.6 is 11.3 Å². The number of amides is 1. The van der Waals surface area contributed by atoms with Crippen LogP contribution in [0, 0.1) is 5.41 Å². The van der Waals surface area contributed by atoms with Gasteiger partial charge in [-0.25, -0.2) is 10.5 Å². The van der Waals surface area contributed by atoms with Crippen LogP contribution in [0.25, 0.3) is 0 Å². The Morgan fingerprint density at radius 1 is 1.53 bits per heavy atom. The van der Waals surface area contributed by atoms with Gasteiger partial charge in [0, 0.05) is 17.4 Å². The molecule has 19 heavy (non-hydrogen) atoms. The smallest absolute Gasteiger partial charge is 0.248 e. The summed E-state index contributed by atoms with van der Waals surface area (Å²) in [5.74, 6) is -0.148. The Kier molecular flexibility index (Phi) is 5.90. The molecule has 0 aliphatic heterocycles. The molecule has 1 amide bonds. The maximum atomic E-state index is 11.6. The summed E-state index contributed by atoms with van der Waals surface area (Å²) in [6, 6.07) is 0. The summed E-state index contributed by atoms with van der Waals surface area (Å²) in [6.45, 7) is 10.3. The molecule has 0 aliphatic rings. The molecule has 108 valence electrons. The lowest BCUT2D eigenvalue weighted by atomic mass is 9.96. The number of hydrogen-bond acceptors (Lipinski definition) is 5. The Morgan fingerprint density at radius 3 is 2.79 bits per heavy atom. The van der Waals surface area contributed by atoms with Crippen molar-refractivity contribution in [3.63, 3.8) is 0 Å². The van der Waals surface area contributed by atoms with Crippen LogP contribution in [0.1, 0.15) is 51.4 Å². The molecule has 1 rings (SSSR count). The predicted molar refractivity (Wildman–Crippen MR) is 74.5 cm³/mol. The van der Waals surface area contributed by atoms with Crippen LogP contribution in [0.2, 0.25) is 0 Å². The quantitative estimate of drug-likeness (QED) is 0.817. The van der Waals surface area contributed by atoms with Gasteiger partial charge in [0.1, 0.15) is 17.7 Å². The van der Waals surface area contributed by atoms with Gasteiger partial charge in [0.2, 0.25) is 5.91 Å². The average molecular weight is 286 g/mol. The summed E-state index contributed by atoms with van der Waals surface area (Å²) >= 11 is 1.53. The third-order valence-electron chi connectivity index (χ3n) is 2.40. The lowest BCUT2D eigenvalue weighted by molar-refractivity contribution is -0.142. The fourth-order valence-electron chi connectivity index (χ4n) is 1.23. The SMILES string of the molecule is CCOC(C)c1nc(CONC(=O)C(C)(C)C)cs1. The van der Waals surface area contributed by atoms with E-state index in [0.29, 0.717) is 6.61 Å². The Balaban J connectivity index is 2.41. The summed E-state index contributed by atoms with van der Waals surface area (Å²) in [7, 11) is 0. The number of hydroxylamine groups is 1. The highest BCUT2D eigenvalue weighted by atomic mass is 32.1. The van der Waals surface area contributed by atoms with Crippen molar-refractivity contribution in [2.45, 2.75) is 47.3 Å². The molecule has 5 nitrogen and oxygen atoms in total. The number of ether oxygens (including phenoxy) is 1. The van der Waals surface area contributed by atoms with Crippen LogP contribution in [-0.4, -0.2) is 17.5 Å². The molecule has 1 aromatic heterocycles. The molecule has 1 N–H and O–H groups in total. The summed E-state index contributed by atoms with van der Waals surface area (Å²) in [4.78, 5) is 21.1. The highest BCUT2D eigenvalue weighted by Gasteiger charge is 2.21. The Labute approximate surface area is 118 Å². The Hall–Kier alpha value is -0.980. The normalized spacial score (nSPS) is 13.3. The van der Waals surface area contributed by atoms with Crippen LogP contribution in [-0.2, 0) is 21.0 Å². The van der Waals surface area contributed by atoms with E-state index in [1.54, 1.807) is 0 Å². The van der Waals surface area contributed by atoms with Crippen molar-refractivity contribution < 1.29 is 14.4 Å². The Bertz CT molecular complexity index is 412. The zero-order valence-electron chi connectivity index (χ0n) is 12.1. The maximum absolute atomic E-state index is 11.6. The van der Waals surface area contributed by atoms with Crippen molar-refractivity contribution in [2.75, 3.05) is 6.61 Å². The van der Waals surface area contributed by atoms with Crippen molar-refractivity contribution in [1.82, 2.24) is 10.5 Å². The fourth-order valence-corrected chi connectivity index (χ4v) is 2.03. The highest BCUT2D eigenvalue weighted by molar-refractivity contribution is 7.09. The van der Waals surface area contributed by atoms with Crippen LogP contribution in [0.3, 0.4) is 0 Å². The van der Waals surface area contributed by atoms with E-state index in [1.165, 1.54) is 11.3 Å². The third-order valence-corrected chi connectivity index (χ3v) is 3.45. The van der Waals surface area contributed by atoms with Gasteiger partial charge in [0.05, 0.1) is 5.69 Å². The van der Waals surface area contributed by atoms with E-state index in [4.69, 9.17) is 9.57 Å². The number of rotatable bonds is 6. The predicted octanol–water partition coefficient (Wildman–Crippen LogP) is 2.83. The molecule has 0 aliphatic carbocycles. The van der Waals surface area contributed by atoms with Gasteiger partial charge in [0.15, 0.2) is 0 Å². The lowest BCUT2D eigenvalue weighted by Gasteiger charge is -2.16. The van der Waals surface area contributed by atoms with Crippen molar-refractivity contribution in [2.24, 2.45) is 5.41 Å². The molecular formula is C13H22N2O3S. The second-order valence-electron chi connectivity index (χ2n) is 5.24. The molecule has 0 bridgehead atoms. The van der Waals surface area contributed by atoms with Gasteiger partial charge in [-0.3, -0.25) is 9.63 Å². The van der Waals surface area contributed by atoms with E-state index in [9.17, 15) is 4.79 Å². The first kappa shape index (κ1) is 16.1. The summed E-state index contributed by atoms with van der Waals surface area (Å²) in [5.41, 5.74) is 2.76. The van der Waals surface area contributed by atoms with Crippen LogP contribution in [0.4, 0.5) is 0 Å². The van der Waals surface area contributed by atoms with Gasteiger partial charge in [-0.2, -0.15) is 0 Å². The standard InChI is InChI=1S/C13H22N2O3S/c1-6-17-9(2)11-14-10(8-19-11)7-18-15-12(16)13(3,4)5/h8-9H,6-7H2,1-5H3,(H,15,16). The van der Waals surface area contributed by atoms with Gasteiger partial charge < -0.3 is 4.74 Å². The van der Waals surface area contributed by atoms with Gasteiger partial charge in [-0.1, -0.05) is 20.8 Å². The molecule has 1 heterocycles. The van der Waals surface area contributed by atoms with E-state index < -0.39 is 5.41 Å². The monoisotopic (exact) mass is 286 g/mol. The lowest BCUT2D eigenvalue weighted by Crippen LogP contribution is -2.34. The zero-order valence-corrected chi connectivity index (χ0v) is 13.0. The molecule has 0 radical (unpaired) electrons. The molecular weight excluding hydrogens is 264 g/mol. The van der Waals surface area contributed by atoms with Crippen molar-refractivity contribution >= 4 is 17.2 Å². The zero-order chi connectivity index (χ0) is 14.5. The minimum absolute atomic E-state index is 0.00656. The maximum Gasteiger partial charge on any atom is 0.248 e. The number of carbonyl (C=O) groups excluding carboxylic acids is 1. The summed E-state index contributed by atoms with van der Waals surface area (Å²) in [6.07, 6.45) is -0.00656. The third kappa shape index (κ3) is 5.26. The summed E-state index contributed by atoms with van der Waals surface area (Å²) < 4.78 is 5.47. The minimum atomic E-state index is -0.462. The molecule has 0 fully saturated rings. The second-order valence-corrected chi connectivity index (χ2v) is 6.13. The topological polar surface area (TPSA) is 60.5 Å². The summed E-state index contributed by atoms with van der Waals surface area (Å²) in [5, 5.41) is 2.83. The van der Waals surface area contributed by atoms with Gasteiger partial charge in [-0.05, 0) is 13.8 Å². The molecule has 6 heteroatoms.